The van der Waals surface area contributed by atoms with E-state index in [0.29, 0.717) is 41.0 Å². The zero-order chi connectivity index (χ0) is 24.2. The molecule has 0 aliphatic carbocycles. The number of rotatable bonds is 8. The number of aromatic nitrogens is 1. The van der Waals surface area contributed by atoms with Crippen LogP contribution >= 0.6 is 11.3 Å². The van der Waals surface area contributed by atoms with Gasteiger partial charge in [-0.3, -0.25) is 14.5 Å². The minimum Gasteiger partial charge on any atom is -0.507 e. The molecule has 34 heavy (non-hydrogen) atoms. The van der Waals surface area contributed by atoms with Crippen molar-refractivity contribution in [3.8, 4) is 11.5 Å². The van der Waals surface area contributed by atoms with Crippen LogP contribution in [0.1, 0.15) is 29.7 Å². The quantitative estimate of drug-likeness (QED) is 0.212. The summed E-state index contributed by atoms with van der Waals surface area (Å²) in [6, 6.07) is 11.4. The Labute approximate surface area is 201 Å². The van der Waals surface area contributed by atoms with Crippen molar-refractivity contribution >= 4 is 33.9 Å². The highest BCUT2D eigenvalue weighted by Gasteiger charge is 2.48. The van der Waals surface area contributed by atoms with Gasteiger partial charge in [0, 0.05) is 17.1 Å². The van der Waals surface area contributed by atoms with E-state index in [2.05, 4.69) is 11.6 Å². The number of ether oxygens (including phenoxy) is 2. The molecule has 0 radical (unpaired) electrons. The van der Waals surface area contributed by atoms with Crippen molar-refractivity contribution in [2.24, 2.45) is 0 Å². The summed E-state index contributed by atoms with van der Waals surface area (Å²) in [7, 11) is 0. The fraction of sp³-hybridized carbons (Fsp3) is 0.192. The van der Waals surface area contributed by atoms with Crippen LogP contribution in [0.25, 0.3) is 5.76 Å². The Kier molecular flexibility index (Phi) is 6.79. The van der Waals surface area contributed by atoms with Crippen LogP contribution in [0.15, 0.2) is 72.3 Å². The van der Waals surface area contributed by atoms with Gasteiger partial charge < -0.3 is 14.6 Å². The second-order valence-electron chi connectivity index (χ2n) is 7.59. The number of anilines is 1. The Hall–Kier alpha value is -3.91. The largest absolute Gasteiger partial charge is 0.507 e. The lowest BCUT2D eigenvalue weighted by molar-refractivity contribution is -0.132. The number of ketones is 1. The van der Waals surface area contributed by atoms with Gasteiger partial charge in [-0.1, -0.05) is 48.6 Å². The number of carbonyl (C=O) groups is 2. The van der Waals surface area contributed by atoms with Crippen LogP contribution in [0.4, 0.5) is 5.13 Å². The van der Waals surface area contributed by atoms with E-state index in [-0.39, 0.29) is 11.3 Å². The first kappa shape index (κ1) is 23.3. The molecule has 0 spiro atoms. The molecule has 1 saturated heterocycles. The predicted molar refractivity (Wildman–Crippen MR) is 131 cm³/mol. The Morgan fingerprint density at radius 3 is 2.59 bits per heavy atom. The fourth-order valence-corrected chi connectivity index (χ4v) is 4.45. The summed E-state index contributed by atoms with van der Waals surface area (Å²) in [4.78, 5) is 31.9. The van der Waals surface area contributed by atoms with Crippen molar-refractivity contribution in [1.82, 2.24) is 4.98 Å². The molecule has 1 aliphatic heterocycles. The molecule has 2 aromatic carbocycles. The third-order valence-electron chi connectivity index (χ3n) is 5.33. The van der Waals surface area contributed by atoms with Crippen molar-refractivity contribution in [1.29, 1.82) is 0 Å². The maximum atomic E-state index is 13.2. The standard InChI is InChI=1S/C26H24N2O5S/c1-4-13-33-19-11-10-18(15-20(19)32-5-2)22-21(23(29)17-8-6-16(3)7-9-17)24(30)25(31)28(22)26-27-12-14-34-26/h4,6-12,14-15,22,29H,1,5,13H2,2-3H3. The van der Waals surface area contributed by atoms with E-state index < -0.39 is 17.7 Å². The smallest absolute Gasteiger partial charge is 0.301 e. The minimum absolute atomic E-state index is 0.00809. The molecule has 2 heterocycles. The Morgan fingerprint density at radius 2 is 1.94 bits per heavy atom. The minimum atomic E-state index is -0.889. The van der Waals surface area contributed by atoms with Gasteiger partial charge in [0.25, 0.3) is 5.78 Å². The Morgan fingerprint density at radius 1 is 1.18 bits per heavy atom. The third-order valence-corrected chi connectivity index (χ3v) is 6.11. The molecule has 174 valence electrons. The van der Waals surface area contributed by atoms with Crippen molar-refractivity contribution in [3.63, 3.8) is 0 Å². The molecule has 1 aliphatic rings. The maximum Gasteiger partial charge on any atom is 0.301 e. The zero-order valence-corrected chi connectivity index (χ0v) is 19.7. The van der Waals surface area contributed by atoms with E-state index in [1.165, 1.54) is 16.2 Å². The van der Waals surface area contributed by atoms with Crippen LogP contribution in [0.3, 0.4) is 0 Å². The van der Waals surface area contributed by atoms with Gasteiger partial charge in [0.15, 0.2) is 16.6 Å². The van der Waals surface area contributed by atoms with Crippen LogP contribution < -0.4 is 14.4 Å². The number of aryl methyl sites for hydroxylation is 1. The van der Waals surface area contributed by atoms with Gasteiger partial charge >= 0.3 is 5.91 Å². The summed E-state index contributed by atoms with van der Waals surface area (Å²) < 4.78 is 11.5. The lowest BCUT2D eigenvalue weighted by Crippen LogP contribution is -2.29. The summed E-state index contributed by atoms with van der Waals surface area (Å²) >= 11 is 1.24. The Bertz CT molecular complexity index is 1250. The Balaban J connectivity index is 1.90. The molecule has 0 bridgehead atoms. The molecule has 1 amide bonds. The van der Waals surface area contributed by atoms with E-state index in [0.717, 1.165) is 5.56 Å². The van der Waals surface area contributed by atoms with E-state index in [4.69, 9.17) is 9.47 Å². The van der Waals surface area contributed by atoms with Crippen molar-refractivity contribution in [2.75, 3.05) is 18.1 Å². The number of amides is 1. The summed E-state index contributed by atoms with van der Waals surface area (Å²) in [5.74, 6) is -0.800. The van der Waals surface area contributed by atoms with Gasteiger partial charge in [0.2, 0.25) is 0 Å². The van der Waals surface area contributed by atoms with E-state index in [1.807, 2.05) is 26.0 Å². The first-order valence-corrected chi connectivity index (χ1v) is 11.6. The van der Waals surface area contributed by atoms with E-state index in [1.54, 1.807) is 48.0 Å². The number of benzene rings is 2. The van der Waals surface area contributed by atoms with E-state index in [9.17, 15) is 14.7 Å². The average Bonchev–Trinajstić information content (AvgIpc) is 3.45. The van der Waals surface area contributed by atoms with Gasteiger partial charge in [-0.15, -0.1) is 11.3 Å². The zero-order valence-electron chi connectivity index (χ0n) is 18.9. The summed E-state index contributed by atoms with van der Waals surface area (Å²) in [5, 5.41) is 13.3. The van der Waals surface area contributed by atoms with Gasteiger partial charge in [-0.05, 0) is 31.5 Å². The van der Waals surface area contributed by atoms with Gasteiger partial charge in [-0.2, -0.15) is 0 Å². The highest BCUT2D eigenvalue weighted by Crippen LogP contribution is 2.44. The second-order valence-corrected chi connectivity index (χ2v) is 8.46. The van der Waals surface area contributed by atoms with E-state index >= 15 is 0 Å². The van der Waals surface area contributed by atoms with Crippen LogP contribution in [-0.2, 0) is 9.59 Å². The highest BCUT2D eigenvalue weighted by atomic mass is 32.1. The van der Waals surface area contributed by atoms with Crippen LogP contribution in [0, 0.1) is 6.92 Å². The number of nitrogens with zero attached hydrogens (tertiary/aromatic N) is 2. The van der Waals surface area contributed by atoms with Gasteiger partial charge in [-0.25, -0.2) is 4.98 Å². The van der Waals surface area contributed by atoms with Crippen molar-refractivity contribution < 1.29 is 24.2 Å². The first-order chi connectivity index (χ1) is 16.5. The molecule has 7 nitrogen and oxygen atoms in total. The molecular weight excluding hydrogens is 452 g/mol. The lowest BCUT2D eigenvalue weighted by Gasteiger charge is -2.24. The van der Waals surface area contributed by atoms with Crippen LogP contribution in [0.2, 0.25) is 0 Å². The molecule has 1 N–H and O–H groups in total. The number of aliphatic hydroxyl groups excluding tert-OH is 1. The van der Waals surface area contributed by atoms with Crippen LogP contribution in [-0.4, -0.2) is 35.0 Å². The maximum absolute atomic E-state index is 13.2. The first-order valence-electron chi connectivity index (χ1n) is 10.7. The number of thiazole rings is 1. The molecule has 4 rings (SSSR count). The molecule has 1 atom stereocenters. The van der Waals surface area contributed by atoms with Crippen molar-refractivity contribution in [3.05, 3.63) is 89.0 Å². The summed E-state index contributed by atoms with van der Waals surface area (Å²) in [6.07, 6.45) is 3.19. The third kappa shape index (κ3) is 4.32. The fourth-order valence-electron chi connectivity index (χ4n) is 3.78. The number of Topliss-reactive ketones (excluding diaryl/α,β-unsaturated/α-hetero) is 1. The number of carbonyl (C=O) groups excluding carboxylic acids is 2. The normalized spacial score (nSPS) is 17.1. The SMILES string of the molecule is C=CCOc1ccc(C2C(=C(O)c3ccc(C)cc3)C(=O)C(=O)N2c2nccs2)cc1OCC. The summed E-state index contributed by atoms with van der Waals surface area (Å²) in [5.41, 5.74) is 2.03. The molecule has 8 heteroatoms. The highest BCUT2D eigenvalue weighted by molar-refractivity contribution is 7.14. The topological polar surface area (TPSA) is 89.0 Å². The van der Waals surface area contributed by atoms with Gasteiger partial charge in [0.1, 0.15) is 12.4 Å². The number of aliphatic hydroxyl groups is 1. The van der Waals surface area contributed by atoms with Gasteiger partial charge in [0.05, 0.1) is 18.2 Å². The predicted octanol–water partition coefficient (Wildman–Crippen LogP) is 5.04. The molecule has 1 unspecified atom stereocenters. The second kappa shape index (κ2) is 9.93. The molecule has 3 aromatic rings. The number of hydrogen-bond acceptors (Lipinski definition) is 7. The lowest BCUT2D eigenvalue weighted by atomic mass is 9.95. The molecule has 1 fully saturated rings. The summed E-state index contributed by atoms with van der Waals surface area (Å²) in [6.45, 7) is 8.13. The monoisotopic (exact) mass is 476 g/mol. The molecule has 1 aromatic heterocycles. The van der Waals surface area contributed by atoms with Crippen molar-refractivity contribution in [2.45, 2.75) is 19.9 Å². The number of hydrogen-bond donors (Lipinski definition) is 1. The van der Waals surface area contributed by atoms with Crippen LogP contribution in [0.5, 0.6) is 11.5 Å². The average molecular weight is 477 g/mol. The molecular formula is C26H24N2O5S. The molecule has 0 saturated carbocycles.